The van der Waals surface area contributed by atoms with Crippen molar-refractivity contribution >= 4 is 46.5 Å². The molecule has 1 aromatic carbocycles. The lowest BCUT2D eigenvalue weighted by Gasteiger charge is -2.14. The second-order valence-corrected chi connectivity index (χ2v) is 6.24. The number of amides is 3. The maximum Gasteiger partial charge on any atom is 0.325 e. The first-order valence-corrected chi connectivity index (χ1v) is 8.02. The third-order valence-electron chi connectivity index (χ3n) is 3.30. The second kappa shape index (κ2) is 7.78. The number of non-ortho nitro benzene ring substituents is 1. The molecule has 1 atom stereocenters. The summed E-state index contributed by atoms with van der Waals surface area (Å²) in [7, 11) is 0. The van der Waals surface area contributed by atoms with Gasteiger partial charge < -0.3 is 10.4 Å². The molecule has 26 heavy (non-hydrogen) atoms. The number of benzene rings is 1. The van der Waals surface area contributed by atoms with E-state index in [0.29, 0.717) is 22.2 Å². The van der Waals surface area contributed by atoms with Crippen LogP contribution < -0.4 is 5.32 Å². The number of nitro benzene ring substituents is 1. The van der Waals surface area contributed by atoms with Crippen LogP contribution in [0.1, 0.15) is 12.5 Å². The van der Waals surface area contributed by atoms with Gasteiger partial charge in [0.25, 0.3) is 16.8 Å². The number of carboxylic acids is 1. The zero-order chi connectivity index (χ0) is 19.4. The summed E-state index contributed by atoms with van der Waals surface area (Å²) in [6, 6.07) is 4.34. The highest BCUT2D eigenvalue weighted by atomic mass is 32.2. The van der Waals surface area contributed by atoms with Crippen LogP contribution in [-0.4, -0.2) is 50.5 Å². The number of nitrogens with one attached hydrogen (secondary N) is 1. The van der Waals surface area contributed by atoms with E-state index in [9.17, 15) is 29.3 Å². The fraction of sp³-hybridized carbons (Fsp3) is 0.200. The van der Waals surface area contributed by atoms with Crippen molar-refractivity contribution in [3.8, 4) is 0 Å². The molecule has 0 bridgehead atoms. The van der Waals surface area contributed by atoms with E-state index in [1.807, 2.05) is 0 Å². The molecule has 1 saturated heterocycles. The lowest BCUT2D eigenvalue weighted by molar-refractivity contribution is -0.384. The first-order chi connectivity index (χ1) is 12.2. The molecule has 0 spiro atoms. The average Bonchev–Trinajstić information content (AvgIpc) is 2.82. The Morgan fingerprint density at radius 3 is 2.73 bits per heavy atom. The summed E-state index contributed by atoms with van der Waals surface area (Å²) < 4.78 is 0. The largest absolute Gasteiger partial charge is 0.480 e. The molecule has 1 aliphatic heterocycles. The number of rotatable bonds is 6. The molecule has 2 rings (SSSR count). The van der Waals surface area contributed by atoms with Crippen molar-refractivity contribution < 1.29 is 29.2 Å². The number of imide groups is 1. The maximum absolute atomic E-state index is 12.3. The number of thioether (sulfide) groups is 1. The SMILES string of the molecule is CC(NC(=O)CN1C(=O)S/C(=C\c2cccc([N+](=O)[O-])c2)C1=O)C(=O)O. The Morgan fingerprint density at radius 2 is 2.12 bits per heavy atom. The third kappa shape index (κ3) is 4.45. The predicted molar refractivity (Wildman–Crippen MR) is 91.0 cm³/mol. The van der Waals surface area contributed by atoms with Crippen LogP contribution in [0.5, 0.6) is 0 Å². The highest BCUT2D eigenvalue weighted by molar-refractivity contribution is 8.18. The molecule has 0 saturated carbocycles. The second-order valence-electron chi connectivity index (χ2n) is 5.25. The summed E-state index contributed by atoms with van der Waals surface area (Å²) in [5.74, 6) is -2.78. The summed E-state index contributed by atoms with van der Waals surface area (Å²) in [5, 5.41) is 21.0. The Morgan fingerprint density at radius 1 is 1.42 bits per heavy atom. The lowest BCUT2D eigenvalue weighted by Crippen LogP contribution is -2.45. The molecule has 11 heteroatoms. The van der Waals surface area contributed by atoms with E-state index in [-0.39, 0.29) is 10.6 Å². The van der Waals surface area contributed by atoms with Crippen LogP contribution >= 0.6 is 11.8 Å². The van der Waals surface area contributed by atoms with Crippen molar-refractivity contribution in [1.82, 2.24) is 10.2 Å². The number of nitro groups is 1. The molecule has 136 valence electrons. The molecule has 3 amide bonds. The smallest absolute Gasteiger partial charge is 0.325 e. The average molecular weight is 379 g/mol. The van der Waals surface area contributed by atoms with Crippen LogP contribution in [0.3, 0.4) is 0 Å². The van der Waals surface area contributed by atoms with Gasteiger partial charge in [0.2, 0.25) is 5.91 Å². The van der Waals surface area contributed by atoms with Gasteiger partial charge in [-0.05, 0) is 30.3 Å². The summed E-state index contributed by atoms with van der Waals surface area (Å²) in [4.78, 5) is 57.6. The van der Waals surface area contributed by atoms with Gasteiger partial charge in [-0.1, -0.05) is 12.1 Å². The quantitative estimate of drug-likeness (QED) is 0.426. The van der Waals surface area contributed by atoms with Crippen molar-refractivity contribution in [3.05, 3.63) is 44.8 Å². The van der Waals surface area contributed by atoms with Crippen molar-refractivity contribution in [3.63, 3.8) is 0 Å². The Labute approximate surface area is 151 Å². The number of hydrogen-bond acceptors (Lipinski definition) is 7. The van der Waals surface area contributed by atoms with Crippen LogP contribution in [0, 0.1) is 10.1 Å². The van der Waals surface area contributed by atoms with E-state index in [4.69, 9.17) is 5.11 Å². The maximum atomic E-state index is 12.3. The fourth-order valence-corrected chi connectivity index (χ4v) is 2.85. The molecular weight excluding hydrogens is 366 g/mol. The Bertz CT molecular complexity index is 836. The summed E-state index contributed by atoms with van der Waals surface area (Å²) in [6.07, 6.45) is 1.32. The summed E-state index contributed by atoms with van der Waals surface area (Å²) in [6.45, 7) is 0.630. The molecule has 0 radical (unpaired) electrons. The molecule has 0 aliphatic carbocycles. The van der Waals surface area contributed by atoms with Gasteiger partial charge in [-0.3, -0.25) is 34.2 Å². The highest BCUT2D eigenvalue weighted by Crippen LogP contribution is 2.32. The molecule has 1 aromatic rings. The van der Waals surface area contributed by atoms with Crippen LogP contribution in [0.25, 0.3) is 6.08 Å². The van der Waals surface area contributed by atoms with E-state index in [1.165, 1.54) is 37.3 Å². The molecular formula is C15H13N3O7S. The molecule has 0 aromatic heterocycles. The van der Waals surface area contributed by atoms with Gasteiger partial charge in [0.1, 0.15) is 12.6 Å². The molecule has 1 heterocycles. The van der Waals surface area contributed by atoms with Gasteiger partial charge in [0.05, 0.1) is 9.83 Å². The van der Waals surface area contributed by atoms with E-state index in [2.05, 4.69) is 5.32 Å². The van der Waals surface area contributed by atoms with E-state index < -0.39 is 40.5 Å². The number of aliphatic carboxylic acids is 1. The van der Waals surface area contributed by atoms with Crippen molar-refractivity contribution in [2.45, 2.75) is 13.0 Å². The van der Waals surface area contributed by atoms with Crippen molar-refractivity contribution in [1.29, 1.82) is 0 Å². The minimum Gasteiger partial charge on any atom is -0.480 e. The topological polar surface area (TPSA) is 147 Å². The van der Waals surface area contributed by atoms with E-state index in [1.54, 1.807) is 0 Å². The van der Waals surface area contributed by atoms with Crippen molar-refractivity contribution in [2.75, 3.05) is 6.54 Å². The van der Waals surface area contributed by atoms with Gasteiger partial charge in [-0.25, -0.2) is 0 Å². The van der Waals surface area contributed by atoms with Gasteiger partial charge in [-0.2, -0.15) is 0 Å². The molecule has 10 nitrogen and oxygen atoms in total. The molecule has 2 N–H and O–H groups in total. The van der Waals surface area contributed by atoms with Crippen LogP contribution in [-0.2, 0) is 14.4 Å². The standard InChI is InChI=1S/C15H13N3O7S/c1-8(14(21)22)16-12(19)7-17-13(20)11(26-15(17)23)6-9-3-2-4-10(5-9)18(24)25/h2-6,8H,7H2,1H3,(H,16,19)(H,21,22)/b11-6-. The minimum absolute atomic E-state index is 0.00887. The summed E-state index contributed by atoms with van der Waals surface area (Å²) >= 11 is 0.590. The first-order valence-electron chi connectivity index (χ1n) is 7.21. The monoisotopic (exact) mass is 379 g/mol. The van der Waals surface area contributed by atoms with E-state index in [0.717, 1.165) is 0 Å². The van der Waals surface area contributed by atoms with Crippen LogP contribution in [0.15, 0.2) is 29.2 Å². The number of carbonyl (C=O) groups is 4. The number of carboxylic acid groups (broad SMARTS) is 1. The Kier molecular flexibility index (Phi) is 5.72. The molecule has 1 aliphatic rings. The van der Waals surface area contributed by atoms with Crippen LogP contribution in [0.4, 0.5) is 10.5 Å². The molecule has 1 unspecified atom stereocenters. The third-order valence-corrected chi connectivity index (χ3v) is 4.21. The van der Waals surface area contributed by atoms with Crippen LogP contribution in [0.2, 0.25) is 0 Å². The lowest BCUT2D eigenvalue weighted by atomic mass is 10.2. The van der Waals surface area contributed by atoms with Gasteiger partial charge in [0, 0.05) is 12.1 Å². The predicted octanol–water partition coefficient (Wildman–Crippen LogP) is 1.22. The molecule has 1 fully saturated rings. The number of nitrogens with zero attached hydrogens (tertiary/aromatic N) is 2. The normalized spacial score (nSPS) is 16.7. The first kappa shape index (κ1) is 19.1. The van der Waals surface area contributed by atoms with Gasteiger partial charge >= 0.3 is 5.97 Å². The number of carbonyl (C=O) groups excluding carboxylic acids is 3. The minimum atomic E-state index is -1.25. The van der Waals surface area contributed by atoms with Gasteiger partial charge in [-0.15, -0.1) is 0 Å². The highest BCUT2D eigenvalue weighted by Gasteiger charge is 2.36. The van der Waals surface area contributed by atoms with Crippen molar-refractivity contribution in [2.24, 2.45) is 0 Å². The van der Waals surface area contributed by atoms with E-state index >= 15 is 0 Å². The zero-order valence-corrected chi connectivity index (χ0v) is 14.2. The summed E-state index contributed by atoms with van der Waals surface area (Å²) in [5.41, 5.74) is 0.189. The Balaban J connectivity index is 2.13. The fourth-order valence-electron chi connectivity index (χ4n) is 2.01. The zero-order valence-electron chi connectivity index (χ0n) is 13.4. The van der Waals surface area contributed by atoms with Gasteiger partial charge in [0.15, 0.2) is 0 Å². The number of hydrogen-bond donors (Lipinski definition) is 2. The Hall–Kier alpha value is -3.21.